The number of halogens is 3. The number of alkyl halides is 3. The highest BCUT2D eigenvalue weighted by Crippen LogP contribution is 2.39. The third kappa shape index (κ3) is 3.48. The highest BCUT2D eigenvalue weighted by molar-refractivity contribution is 5.21. The van der Waals surface area contributed by atoms with Crippen molar-refractivity contribution in [2.45, 2.75) is 31.6 Å². The van der Waals surface area contributed by atoms with Crippen molar-refractivity contribution in [1.29, 1.82) is 0 Å². The summed E-state index contributed by atoms with van der Waals surface area (Å²) in [4.78, 5) is 1.47. The Bertz CT molecular complexity index is 395. The highest BCUT2D eigenvalue weighted by atomic mass is 19.4. The first-order valence-corrected chi connectivity index (χ1v) is 6.49. The van der Waals surface area contributed by atoms with Crippen molar-refractivity contribution in [2.24, 2.45) is 11.7 Å². The molecule has 1 aromatic rings. The second-order valence-electron chi connectivity index (χ2n) is 5.41. The van der Waals surface area contributed by atoms with Crippen molar-refractivity contribution in [3.63, 3.8) is 0 Å². The number of hydrogen-bond donors (Lipinski definition) is 1. The molecule has 19 heavy (non-hydrogen) atoms. The summed E-state index contributed by atoms with van der Waals surface area (Å²) in [6.45, 7) is 2.68. The second kappa shape index (κ2) is 5.51. The van der Waals surface area contributed by atoms with E-state index < -0.39 is 12.2 Å². The van der Waals surface area contributed by atoms with Crippen molar-refractivity contribution in [2.75, 3.05) is 13.1 Å². The fourth-order valence-corrected chi connectivity index (χ4v) is 2.89. The predicted octanol–water partition coefficient (Wildman–Crippen LogP) is 2.96. The summed E-state index contributed by atoms with van der Waals surface area (Å²) >= 11 is 0. The fraction of sp³-hybridized carbons (Fsp3) is 0.571. The molecule has 3 unspecified atom stereocenters. The van der Waals surface area contributed by atoms with Crippen molar-refractivity contribution in [3.8, 4) is 0 Å². The fourth-order valence-electron chi connectivity index (χ4n) is 2.89. The number of nitrogens with two attached hydrogens (primary N) is 1. The van der Waals surface area contributed by atoms with E-state index in [9.17, 15) is 13.2 Å². The maximum atomic E-state index is 13.4. The van der Waals surface area contributed by atoms with Gasteiger partial charge in [0.1, 0.15) is 6.04 Å². The van der Waals surface area contributed by atoms with Crippen LogP contribution in [0.5, 0.6) is 0 Å². The van der Waals surface area contributed by atoms with Crippen LogP contribution in [-0.2, 0) is 0 Å². The van der Waals surface area contributed by atoms with Gasteiger partial charge in [-0.25, -0.2) is 0 Å². The standard InChI is InChI=1S/C14H19F3N2/c1-10-7-12(18)9-19(8-10)13(14(15,16)17)11-5-3-2-4-6-11/h2-6,10,12-13H,7-9,18H2,1H3. The molecule has 0 aliphatic carbocycles. The normalized spacial score (nSPS) is 27.2. The maximum absolute atomic E-state index is 13.4. The Kier molecular flexibility index (Phi) is 4.16. The number of hydrogen-bond acceptors (Lipinski definition) is 2. The molecule has 2 N–H and O–H groups in total. The quantitative estimate of drug-likeness (QED) is 0.897. The Hall–Kier alpha value is -1.07. The van der Waals surface area contributed by atoms with Crippen LogP contribution >= 0.6 is 0 Å². The Morgan fingerprint density at radius 2 is 1.84 bits per heavy atom. The van der Waals surface area contributed by atoms with Crippen LogP contribution in [0.1, 0.15) is 24.9 Å². The number of piperidine rings is 1. The molecule has 1 aliphatic rings. The van der Waals surface area contributed by atoms with Crippen LogP contribution in [0.25, 0.3) is 0 Å². The molecule has 0 amide bonds. The van der Waals surface area contributed by atoms with Gasteiger partial charge in [0.15, 0.2) is 0 Å². The lowest BCUT2D eigenvalue weighted by Crippen LogP contribution is -2.50. The van der Waals surface area contributed by atoms with Gasteiger partial charge in [-0.15, -0.1) is 0 Å². The molecule has 0 aromatic heterocycles. The van der Waals surface area contributed by atoms with Crippen molar-refractivity contribution in [1.82, 2.24) is 4.90 Å². The van der Waals surface area contributed by atoms with Crippen LogP contribution in [0.2, 0.25) is 0 Å². The summed E-state index contributed by atoms with van der Waals surface area (Å²) in [7, 11) is 0. The Morgan fingerprint density at radius 1 is 1.21 bits per heavy atom. The van der Waals surface area contributed by atoms with E-state index in [-0.39, 0.29) is 17.5 Å². The molecule has 1 saturated heterocycles. The molecule has 0 radical (unpaired) electrons. The molecule has 2 nitrogen and oxygen atoms in total. The third-order valence-corrected chi connectivity index (χ3v) is 3.51. The lowest BCUT2D eigenvalue weighted by Gasteiger charge is -2.40. The van der Waals surface area contributed by atoms with Crippen molar-refractivity contribution >= 4 is 0 Å². The molecule has 1 heterocycles. The van der Waals surface area contributed by atoms with Gasteiger partial charge < -0.3 is 5.73 Å². The van der Waals surface area contributed by atoms with Crippen molar-refractivity contribution in [3.05, 3.63) is 35.9 Å². The zero-order chi connectivity index (χ0) is 14.0. The third-order valence-electron chi connectivity index (χ3n) is 3.51. The van der Waals surface area contributed by atoms with Gasteiger partial charge in [0.05, 0.1) is 0 Å². The average Bonchev–Trinajstić information content (AvgIpc) is 2.27. The van der Waals surface area contributed by atoms with E-state index in [1.165, 1.54) is 17.0 Å². The molecule has 1 fully saturated rings. The molecule has 0 bridgehead atoms. The number of likely N-dealkylation sites (tertiary alicyclic amines) is 1. The molecule has 1 aliphatic heterocycles. The number of nitrogens with zero attached hydrogens (tertiary/aromatic N) is 1. The van der Waals surface area contributed by atoms with Gasteiger partial charge in [0.2, 0.25) is 0 Å². The van der Waals surface area contributed by atoms with Gasteiger partial charge >= 0.3 is 6.18 Å². The Labute approximate surface area is 111 Å². The van der Waals surface area contributed by atoms with Gasteiger partial charge in [-0.2, -0.15) is 13.2 Å². The van der Waals surface area contributed by atoms with Gasteiger partial charge in [-0.1, -0.05) is 37.3 Å². The average molecular weight is 272 g/mol. The summed E-state index contributed by atoms with van der Waals surface area (Å²) in [6, 6.07) is 6.33. The number of rotatable bonds is 2. The van der Waals surface area contributed by atoms with Crippen LogP contribution in [-0.4, -0.2) is 30.2 Å². The summed E-state index contributed by atoms with van der Waals surface area (Å²) in [6.07, 6.45) is -3.49. The maximum Gasteiger partial charge on any atom is 0.408 e. The lowest BCUT2D eigenvalue weighted by atomic mass is 9.93. The largest absolute Gasteiger partial charge is 0.408 e. The predicted molar refractivity (Wildman–Crippen MR) is 68.6 cm³/mol. The van der Waals surface area contributed by atoms with Crippen molar-refractivity contribution < 1.29 is 13.2 Å². The van der Waals surface area contributed by atoms with Gasteiger partial charge in [0.25, 0.3) is 0 Å². The van der Waals surface area contributed by atoms with E-state index >= 15 is 0 Å². The minimum absolute atomic E-state index is 0.183. The molecular weight excluding hydrogens is 253 g/mol. The van der Waals surface area contributed by atoms with E-state index in [1.54, 1.807) is 18.2 Å². The Balaban J connectivity index is 2.28. The lowest BCUT2D eigenvalue weighted by molar-refractivity contribution is -0.191. The second-order valence-corrected chi connectivity index (χ2v) is 5.41. The van der Waals surface area contributed by atoms with E-state index in [0.717, 1.165) is 6.42 Å². The zero-order valence-electron chi connectivity index (χ0n) is 10.9. The van der Waals surface area contributed by atoms with Crippen LogP contribution in [0.15, 0.2) is 30.3 Å². The molecule has 0 spiro atoms. The molecule has 5 heteroatoms. The molecule has 0 saturated carbocycles. The SMILES string of the molecule is CC1CC(N)CN(C(c2ccccc2)C(F)(F)F)C1. The van der Waals surface area contributed by atoms with Crippen LogP contribution in [0.4, 0.5) is 13.2 Å². The van der Waals surface area contributed by atoms with E-state index in [2.05, 4.69) is 0 Å². The smallest absolute Gasteiger partial charge is 0.327 e. The minimum Gasteiger partial charge on any atom is -0.327 e. The monoisotopic (exact) mass is 272 g/mol. The zero-order valence-corrected chi connectivity index (χ0v) is 10.9. The molecule has 2 rings (SSSR count). The summed E-state index contributed by atoms with van der Waals surface area (Å²) in [5.74, 6) is 0.192. The summed E-state index contributed by atoms with van der Waals surface area (Å²) < 4.78 is 40.1. The van der Waals surface area contributed by atoms with Gasteiger partial charge in [-0.3, -0.25) is 4.90 Å². The molecule has 3 atom stereocenters. The highest BCUT2D eigenvalue weighted by Gasteiger charge is 2.46. The molecular formula is C14H19F3N2. The first kappa shape index (κ1) is 14.3. The first-order valence-electron chi connectivity index (χ1n) is 6.49. The van der Waals surface area contributed by atoms with E-state index in [0.29, 0.717) is 13.1 Å². The minimum atomic E-state index is -4.28. The van der Waals surface area contributed by atoms with E-state index in [1.807, 2.05) is 6.92 Å². The molecule has 106 valence electrons. The summed E-state index contributed by atoms with van der Waals surface area (Å²) in [5.41, 5.74) is 6.15. The van der Waals surface area contributed by atoms with E-state index in [4.69, 9.17) is 5.73 Å². The van der Waals surface area contributed by atoms with Crippen LogP contribution < -0.4 is 5.73 Å². The summed E-state index contributed by atoms with van der Waals surface area (Å²) in [5, 5.41) is 0. The van der Waals surface area contributed by atoms with Crippen LogP contribution in [0.3, 0.4) is 0 Å². The first-order chi connectivity index (χ1) is 8.88. The van der Waals surface area contributed by atoms with Gasteiger partial charge in [0, 0.05) is 19.1 Å². The topological polar surface area (TPSA) is 29.3 Å². The number of benzene rings is 1. The van der Waals surface area contributed by atoms with Crippen LogP contribution in [0, 0.1) is 5.92 Å². The Morgan fingerprint density at radius 3 is 2.37 bits per heavy atom. The van der Waals surface area contributed by atoms with Gasteiger partial charge in [-0.05, 0) is 17.9 Å². The molecule has 1 aromatic carbocycles.